The van der Waals surface area contributed by atoms with Crippen LogP contribution >= 0.6 is 11.8 Å². The Labute approximate surface area is 123 Å². The van der Waals surface area contributed by atoms with Crippen LogP contribution in [0.1, 0.15) is 46.5 Å². The Morgan fingerprint density at radius 2 is 1.89 bits per heavy atom. The van der Waals surface area contributed by atoms with Crippen LogP contribution in [0.5, 0.6) is 0 Å². The van der Waals surface area contributed by atoms with Crippen LogP contribution in [-0.2, 0) is 9.47 Å². The monoisotopic (exact) mass is 286 g/mol. The first-order valence-corrected chi connectivity index (χ1v) is 9.19. The molecule has 2 atom stereocenters. The summed E-state index contributed by atoms with van der Waals surface area (Å²) in [6.45, 7) is 8.95. The second-order valence-electron chi connectivity index (χ2n) is 6.93. The van der Waals surface area contributed by atoms with Crippen LogP contribution in [0.25, 0.3) is 0 Å². The minimum Gasteiger partial charge on any atom is -0.352 e. The molecular weight excluding hydrogens is 256 g/mol. The van der Waals surface area contributed by atoms with Crippen molar-refractivity contribution < 1.29 is 9.47 Å². The van der Waals surface area contributed by atoms with Crippen LogP contribution in [0, 0.1) is 23.2 Å². The Balaban J connectivity index is 1.97. The molecule has 0 amide bonds. The van der Waals surface area contributed by atoms with Gasteiger partial charge in [0.15, 0.2) is 6.29 Å². The maximum Gasteiger partial charge on any atom is 0.158 e. The smallest absolute Gasteiger partial charge is 0.158 e. The van der Waals surface area contributed by atoms with Crippen molar-refractivity contribution in [3.8, 4) is 0 Å². The number of thioether (sulfide) groups is 1. The van der Waals surface area contributed by atoms with Gasteiger partial charge in [0.2, 0.25) is 0 Å². The highest BCUT2D eigenvalue weighted by Crippen LogP contribution is 2.49. The van der Waals surface area contributed by atoms with Gasteiger partial charge in [0.25, 0.3) is 0 Å². The first kappa shape index (κ1) is 15.7. The molecule has 1 spiro atoms. The lowest BCUT2D eigenvalue weighted by molar-refractivity contribution is -0.254. The van der Waals surface area contributed by atoms with Gasteiger partial charge in [-0.05, 0) is 42.6 Å². The van der Waals surface area contributed by atoms with E-state index in [4.69, 9.17) is 9.47 Å². The molecule has 2 rings (SSSR count). The molecule has 1 heterocycles. The highest BCUT2D eigenvalue weighted by molar-refractivity contribution is 7.98. The average Bonchev–Trinajstić information content (AvgIpc) is 2.38. The van der Waals surface area contributed by atoms with Gasteiger partial charge < -0.3 is 9.47 Å². The zero-order valence-electron chi connectivity index (χ0n) is 13.0. The standard InChI is InChI=1S/C16H30O2S/c1-12(2)14-6-5-13(3)9-16(14)10-17-15(18-11-16)7-8-19-4/h12-15H,5-11H2,1-4H3/t13-,14+,15?,16?/m1/s1. The number of ether oxygens (including phenoxy) is 2. The molecule has 2 fully saturated rings. The number of hydrogen-bond acceptors (Lipinski definition) is 3. The van der Waals surface area contributed by atoms with E-state index in [9.17, 15) is 0 Å². The van der Waals surface area contributed by atoms with Crippen LogP contribution in [0.4, 0.5) is 0 Å². The van der Waals surface area contributed by atoms with Gasteiger partial charge in [-0.2, -0.15) is 11.8 Å². The first-order chi connectivity index (χ1) is 9.07. The van der Waals surface area contributed by atoms with E-state index in [1.807, 2.05) is 11.8 Å². The molecule has 0 N–H and O–H groups in total. The molecule has 0 radical (unpaired) electrons. The predicted molar refractivity (Wildman–Crippen MR) is 82.5 cm³/mol. The maximum absolute atomic E-state index is 6.07. The van der Waals surface area contributed by atoms with Gasteiger partial charge in [-0.3, -0.25) is 0 Å². The lowest BCUT2D eigenvalue weighted by Gasteiger charge is -2.51. The SMILES string of the molecule is CSCCC1OCC2(CO1)C[C@H](C)CC[C@H]2C(C)C. The summed E-state index contributed by atoms with van der Waals surface area (Å²) >= 11 is 1.87. The van der Waals surface area contributed by atoms with Gasteiger partial charge in [0.1, 0.15) is 0 Å². The molecule has 0 aromatic rings. The zero-order valence-corrected chi connectivity index (χ0v) is 13.8. The Morgan fingerprint density at radius 1 is 1.21 bits per heavy atom. The summed E-state index contributed by atoms with van der Waals surface area (Å²) in [5, 5.41) is 0. The van der Waals surface area contributed by atoms with E-state index < -0.39 is 0 Å². The predicted octanol–water partition coefficient (Wildman–Crippen LogP) is 4.19. The Hall–Kier alpha value is 0.270. The van der Waals surface area contributed by atoms with E-state index in [-0.39, 0.29) is 6.29 Å². The zero-order chi connectivity index (χ0) is 13.9. The summed E-state index contributed by atoms with van der Waals surface area (Å²) in [7, 11) is 0. The van der Waals surface area contributed by atoms with Crippen molar-refractivity contribution in [2.45, 2.75) is 52.7 Å². The Kier molecular flexibility index (Phi) is 5.62. The van der Waals surface area contributed by atoms with E-state index in [1.165, 1.54) is 19.3 Å². The lowest BCUT2D eigenvalue weighted by atomic mass is 9.60. The molecular formula is C16H30O2S. The maximum atomic E-state index is 6.07. The summed E-state index contributed by atoms with van der Waals surface area (Å²) in [6, 6.07) is 0. The quantitative estimate of drug-likeness (QED) is 0.772. The molecule has 1 saturated heterocycles. The largest absolute Gasteiger partial charge is 0.352 e. The van der Waals surface area contributed by atoms with Gasteiger partial charge >= 0.3 is 0 Å². The van der Waals surface area contributed by atoms with Crippen LogP contribution in [0.15, 0.2) is 0 Å². The second kappa shape index (κ2) is 6.82. The van der Waals surface area contributed by atoms with Crippen molar-refractivity contribution in [1.29, 1.82) is 0 Å². The molecule has 112 valence electrons. The third-order valence-electron chi connectivity index (χ3n) is 4.99. The van der Waals surface area contributed by atoms with Gasteiger partial charge in [-0.25, -0.2) is 0 Å². The van der Waals surface area contributed by atoms with Crippen LogP contribution in [-0.4, -0.2) is 31.5 Å². The molecule has 0 unspecified atom stereocenters. The summed E-state index contributed by atoms with van der Waals surface area (Å²) < 4.78 is 12.1. The summed E-state index contributed by atoms with van der Waals surface area (Å²) in [5.74, 6) is 3.46. The van der Waals surface area contributed by atoms with Crippen molar-refractivity contribution in [2.75, 3.05) is 25.2 Å². The normalized spacial score (nSPS) is 39.9. The van der Waals surface area contributed by atoms with Crippen molar-refractivity contribution in [3.63, 3.8) is 0 Å². The van der Waals surface area contributed by atoms with E-state index in [2.05, 4.69) is 27.0 Å². The molecule has 0 aromatic carbocycles. The van der Waals surface area contributed by atoms with Crippen LogP contribution in [0.2, 0.25) is 0 Å². The van der Waals surface area contributed by atoms with Gasteiger partial charge in [-0.1, -0.05) is 27.2 Å². The molecule has 19 heavy (non-hydrogen) atoms. The third-order valence-corrected chi connectivity index (χ3v) is 5.63. The minimum absolute atomic E-state index is 0.0446. The van der Waals surface area contributed by atoms with Crippen molar-refractivity contribution in [1.82, 2.24) is 0 Å². The third kappa shape index (κ3) is 3.68. The van der Waals surface area contributed by atoms with Gasteiger partial charge in [-0.15, -0.1) is 0 Å². The molecule has 1 aliphatic carbocycles. The van der Waals surface area contributed by atoms with E-state index in [0.29, 0.717) is 5.41 Å². The molecule has 3 heteroatoms. The van der Waals surface area contributed by atoms with Crippen molar-refractivity contribution in [2.24, 2.45) is 23.2 Å². The summed E-state index contributed by atoms with van der Waals surface area (Å²) in [5.41, 5.74) is 0.293. The number of hydrogen-bond donors (Lipinski definition) is 0. The average molecular weight is 286 g/mol. The van der Waals surface area contributed by atoms with Gasteiger partial charge in [0.05, 0.1) is 13.2 Å². The Morgan fingerprint density at radius 3 is 2.47 bits per heavy atom. The van der Waals surface area contributed by atoms with E-state index in [0.717, 1.165) is 43.1 Å². The van der Waals surface area contributed by atoms with Crippen LogP contribution in [0.3, 0.4) is 0 Å². The topological polar surface area (TPSA) is 18.5 Å². The first-order valence-electron chi connectivity index (χ1n) is 7.79. The van der Waals surface area contributed by atoms with E-state index >= 15 is 0 Å². The molecule has 1 aliphatic heterocycles. The van der Waals surface area contributed by atoms with Crippen molar-refractivity contribution in [3.05, 3.63) is 0 Å². The second-order valence-corrected chi connectivity index (χ2v) is 7.92. The molecule has 0 bridgehead atoms. The molecule has 0 aromatic heterocycles. The minimum atomic E-state index is 0.0446. The lowest BCUT2D eigenvalue weighted by Crippen LogP contribution is -2.51. The fourth-order valence-corrected chi connectivity index (χ4v) is 4.51. The van der Waals surface area contributed by atoms with Gasteiger partial charge in [0, 0.05) is 11.8 Å². The molecule has 2 nitrogen and oxygen atoms in total. The Bertz CT molecular complexity index is 272. The summed E-state index contributed by atoms with van der Waals surface area (Å²) in [4.78, 5) is 0. The fourth-order valence-electron chi connectivity index (χ4n) is 4.08. The highest BCUT2D eigenvalue weighted by Gasteiger charge is 2.47. The molecule has 2 aliphatic rings. The summed E-state index contributed by atoms with van der Waals surface area (Å²) in [6.07, 6.45) is 7.22. The fraction of sp³-hybridized carbons (Fsp3) is 1.00. The van der Waals surface area contributed by atoms with Crippen molar-refractivity contribution >= 4 is 11.8 Å². The number of rotatable bonds is 4. The molecule has 1 saturated carbocycles. The highest BCUT2D eigenvalue weighted by atomic mass is 32.2. The van der Waals surface area contributed by atoms with Crippen LogP contribution < -0.4 is 0 Å². The van der Waals surface area contributed by atoms with E-state index in [1.54, 1.807) is 0 Å².